The molecule has 0 saturated heterocycles. The fraction of sp³-hybridized carbons (Fsp3) is 0.231. The number of nitrogens with one attached hydrogen (secondary N) is 1. The predicted molar refractivity (Wildman–Crippen MR) is 83.4 cm³/mol. The maximum Gasteiger partial charge on any atom is 0.175 e. The summed E-state index contributed by atoms with van der Waals surface area (Å²) in [6.45, 7) is 0.618. The number of hydrogen-bond donors (Lipinski definition) is 1. The van der Waals surface area contributed by atoms with Crippen molar-refractivity contribution in [3.05, 3.63) is 39.0 Å². The zero-order chi connectivity index (χ0) is 14.3. The van der Waals surface area contributed by atoms with Crippen molar-refractivity contribution >= 4 is 42.8 Å². The highest BCUT2D eigenvalue weighted by Gasteiger charge is 2.23. The van der Waals surface area contributed by atoms with E-state index in [1.54, 1.807) is 29.5 Å². The Kier molecular flexibility index (Phi) is 3.51. The molecule has 0 amide bonds. The summed E-state index contributed by atoms with van der Waals surface area (Å²) in [5.41, 5.74) is 0.722. The Balaban J connectivity index is 1.89. The SMILES string of the molecule is CS(=O)(=O)c1ccc2c(c1)NCC(c1cc(Br)cs1)O2. The van der Waals surface area contributed by atoms with Gasteiger partial charge in [-0.25, -0.2) is 8.42 Å². The summed E-state index contributed by atoms with van der Waals surface area (Å²) >= 11 is 5.06. The Bertz CT molecular complexity index is 755. The van der Waals surface area contributed by atoms with Crippen molar-refractivity contribution in [2.75, 3.05) is 18.1 Å². The summed E-state index contributed by atoms with van der Waals surface area (Å²) in [4.78, 5) is 1.42. The normalized spacial score (nSPS) is 18.0. The van der Waals surface area contributed by atoms with E-state index in [1.165, 1.54) is 6.26 Å². The number of fused-ring (bicyclic) bond motifs is 1. The van der Waals surface area contributed by atoms with Gasteiger partial charge in [0.05, 0.1) is 17.1 Å². The van der Waals surface area contributed by atoms with Crippen molar-refractivity contribution < 1.29 is 13.2 Å². The molecule has 2 heterocycles. The molecule has 7 heteroatoms. The van der Waals surface area contributed by atoms with Gasteiger partial charge >= 0.3 is 0 Å². The van der Waals surface area contributed by atoms with Gasteiger partial charge in [0.2, 0.25) is 0 Å². The van der Waals surface area contributed by atoms with E-state index in [9.17, 15) is 8.42 Å². The summed E-state index contributed by atoms with van der Waals surface area (Å²) in [6.07, 6.45) is 1.15. The molecule has 0 fully saturated rings. The molecule has 0 saturated carbocycles. The highest BCUT2D eigenvalue weighted by molar-refractivity contribution is 9.10. The van der Waals surface area contributed by atoms with Crippen LogP contribution in [-0.2, 0) is 9.84 Å². The number of halogens is 1. The third kappa shape index (κ3) is 2.70. The zero-order valence-corrected chi connectivity index (χ0v) is 13.8. The minimum Gasteiger partial charge on any atom is -0.481 e. The van der Waals surface area contributed by atoms with Gasteiger partial charge in [0, 0.05) is 21.0 Å². The molecule has 1 aliphatic rings. The van der Waals surface area contributed by atoms with Crippen molar-refractivity contribution in [2.24, 2.45) is 0 Å². The number of hydrogen-bond acceptors (Lipinski definition) is 5. The van der Waals surface area contributed by atoms with Crippen LogP contribution in [0.5, 0.6) is 5.75 Å². The molecule has 1 unspecified atom stereocenters. The van der Waals surface area contributed by atoms with Gasteiger partial charge in [0.25, 0.3) is 0 Å². The average Bonchev–Trinajstić information content (AvgIpc) is 2.83. The number of anilines is 1. The van der Waals surface area contributed by atoms with Gasteiger partial charge in [0.15, 0.2) is 15.9 Å². The van der Waals surface area contributed by atoms with Crippen LogP contribution in [0.1, 0.15) is 11.0 Å². The van der Waals surface area contributed by atoms with Crippen LogP contribution in [0, 0.1) is 0 Å². The number of ether oxygens (including phenoxy) is 1. The van der Waals surface area contributed by atoms with E-state index in [4.69, 9.17) is 4.74 Å². The fourth-order valence-electron chi connectivity index (χ4n) is 2.03. The molecule has 0 radical (unpaired) electrons. The number of thiophene rings is 1. The maximum atomic E-state index is 11.5. The first kappa shape index (κ1) is 13.9. The first-order chi connectivity index (χ1) is 9.43. The molecule has 1 N–H and O–H groups in total. The molecule has 2 aromatic rings. The molecule has 0 spiro atoms. The summed E-state index contributed by atoms with van der Waals surface area (Å²) in [5, 5.41) is 5.25. The first-order valence-electron chi connectivity index (χ1n) is 5.92. The zero-order valence-electron chi connectivity index (χ0n) is 10.6. The quantitative estimate of drug-likeness (QED) is 0.875. The minimum absolute atomic E-state index is 0.0529. The van der Waals surface area contributed by atoms with Gasteiger partial charge in [-0.05, 0) is 40.2 Å². The lowest BCUT2D eigenvalue weighted by atomic mass is 10.2. The van der Waals surface area contributed by atoms with Crippen molar-refractivity contribution in [2.45, 2.75) is 11.0 Å². The second kappa shape index (κ2) is 5.05. The standard InChI is InChI=1S/C13H12BrNO3S2/c1-20(16,17)9-2-3-11-10(5-9)15-6-12(18-11)13-4-8(14)7-19-13/h2-5,7,12,15H,6H2,1H3. The molecule has 20 heavy (non-hydrogen) atoms. The van der Waals surface area contributed by atoms with Gasteiger partial charge in [-0.15, -0.1) is 11.3 Å². The molecular formula is C13H12BrNO3S2. The third-order valence-corrected chi connectivity index (χ3v) is 5.93. The molecule has 1 aromatic heterocycles. The van der Waals surface area contributed by atoms with Crippen LogP contribution in [0.15, 0.2) is 39.0 Å². The number of sulfone groups is 1. The Morgan fingerprint density at radius 1 is 1.40 bits per heavy atom. The summed E-state index contributed by atoms with van der Waals surface area (Å²) < 4.78 is 30.0. The largest absolute Gasteiger partial charge is 0.481 e. The van der Waals surface area contributed by atoms with Crippen molar-refractivity contribution in [1.29, 1.82) is 0 Å². The van der Waals surface area contributed by atoms with Crippen LogP contribution >= 0.6 is 27.3 Å². The van der Waals surface area contributed by atoms with Crippen molar-refractivity contribution in [1.82, 2.24) is 0 Å². The Labute approximate surface area is 129 Å². The molecule has 106 valence electrons. The molecule has 1 atom stereocenters. The highest BCUT2D eigenvalue weighted by Crippen LogP contribution is 2.37. The first-order valence-corrected chi connectivity index (χ1v) is 9.48. The smallest absolute Gasteiger partial charge is 0.175 e. The second-order valence-electron chi connectivity index (χ2n) is 4.58. The molecule has 0 bridgehead atoms. The lowest BCUT2D eigenvalue weighted by Gasteiger charge is -2.27. The Morgan fingerprint density at radius 2 is 2.20 bits per heavy atom. The lowest BCUT2D eigenvalue weighted by Crippen LogP contribution is -2.23. The second-order valence-corrected chi connectivity index (χ2v) is 8.46. The van der Waals surface area contributed by atoms with E-state index >= 15 is 0 Å². The van der Waals surface area contributed by atoms with Crippen LogP contribution in [0.25, 0.3) is 0 Å². The molecule has 4 nitrogen and oxygen atoms in total. The molecule has 0 aliphatic carbocycles. The summed E-state index contributed by atoms with van der Waals surface area (Å²) in [7, 11) is -3.20. The van der Waals surface area contributed by atoms with E-state index < -0.39 is 9.84 Å². The van der Waals surface area contributed by atoms with Gasteiger partial charge in [-0.2, -0.15) is 0 Å². The molecule has 1 aromatic carbocycles. The lowest BCUT2D eigenvalue weighted by molar-refractivity contribution is 0.214. The van der Waals surface area contributed by atoms with Crippen LogP contribution in [0.4, 0.5) is 5.69 Å². The molecular weight excluding hydrogens is 362 g/mol. The molecule has 3 rings (SSSR count). The van der Waals surface area contributed by atoms with Crippen LogP contribution in [-0.4, -0.2) is 21.2 Å². The average molecular weight is 374 g/mol. The Hall–Kier alpha value is -1.05. The molecule has 1 aliphatic heterocycles. The maximum absolute atomic E-state index is 11.5. The van der Waals surface area contributed by atoms with E-state index in [0.29, 0.717) is 17.2 Å². The number of benzene rings is 1. The van der Waals surface area contributed by atoms with E-state index in [2.05, 4.69) is 21.2 Å². The number of rotatable bonds is 2. The van der Waals surface area contributed by atoms with Gasteiger partial charge in [0.1, 0.15) is 5.75 Å². The van der Waals surface area contributed by atoms with E-state index in [-0.39, 0.29) is 6.10 Å². The van der Waals surface area contributed by atoms with Gasteiger partial charge < -0.3 is 10.1 Å². The van der Waals surface area contributed by atoms with Gasteiger partial charge in [-0.3, -0.25) is 0 Å². The van der Waals surface area contributed by atoms with Crippen molar-refractivity contribution in [3.8, 4) is 5.75 Å². The summed E-state index contributed by atoms with van der Waals surface area (Å²) in [5.74, 6) is 0.679. The van der Waals surface area contributed by atoms with Crippen LogP contribution in [0.2, 0.25) is 0 Å². The topological polar surface area (TPSA) is 55.4 Å². The van der Waals surface area contributed by atoms with Crippen LogP contribution in [0.3, 0.4) is 0 Å². The Morgan fingerprint density at radius 3 is 2.85 bits per heavy atom. The van der Waals surface area contributed by atoms with E-state index in [0.717, 1.165) is 15.0 Å². The third-order valence-electron chi connectivity index (χ3n) is 3.03. The van der Waals surface area contributed by atoms with Crippen LogP contribution < -0.4 is 10.1 Å². The monoisotopic (exact) mass is 373 g/mol. The highest BCUT2D eigenvalue weighted by atomic mass is 79.9. The predicted octanol–water partition coefficient (Wildman–Crippen LogP) is 3.46. The van der Waals surface area contributed by atoms with E-state index in [1.807, 2.05) is 11.4 Å². The minimum atomic E-state index is -3.20. The van der Waals surface area contributed by atoms with Gasteiger partial charge in [-0.1, -0.05) is 0 Å². The summed E-state index contributed by atoms with van der Waals surface area (Å²) in [6, 6.07) is 6.92. The van der Waals surface area contributed by atoms with Crippen molar-refractivity contribution in [3.63, 3.8) is 0 Å². The fourth-order valence-corrected chi connectivity index (χ4v) is 4.15.